The summed E-state index contributed by atoms with van der Waals surface area (Å²) >= 11 is 2.70. The molecular weight excluding hydrogens is 75.0 g/mol. The molecule has 0 fully saturated rings. The fourth-order valence-corrected chi connectivity index (χ4v) is 0.612. The average molecular weight is 88.1 g/mol. The normalized spacial score (nSPS) is 8.20. The highest BCUT2D eigenvalue weighted by Crippen LogP contribution is 1.86. The van der Waals surface area contributed by atoms with Crippen LogP contribution in [0.2, 0.25) is 5.28 Å². The summed E-state index contributed by atoms with van der Waals surface area (Å²) < 4.78 is 0. The molecule has 0 rings (SSSR count). The monoisotopic (exact) mass is 88.1 g/mol. The van der Waals surface area contributed by atoms with Crippen molar-refractivity contribution in [3.8, 4) is 0 Å². The predicted octanol–water partition coefficient (Wildman–Crippen LogP) is 1.87. The molecule has 0 aromatic rings. The van der Waals surface area contributed by atoms with Crippen LogP contribution in [0.1, 0.15) is 22.6 Å². The van der Waals surface area contributed by atoms with Crippen LogP contribution in [-0.4, -0.2) is 16.3 Å². The minimum absolute atomic E-state index is 0. The minimum atomic E-state index is 0. The summed E-state index contributed by atoms with van der Waals surface area (Å²) in [6.07, 6.45) is 2.67. The van der Waals surface area contributed by atoms with Crippen molar-refractivity contribution in [1.29, 1.82) is 0 Å². The van der Waals surface area contributed by atoms with E-state index < -0.39 is 0 Å². The molecule has 0 aliphatic heterocycles. The molecule has 1 heteroatoms. The van der Waals surface area contributed by atoms with Gasteiger partial charge in [0, 0.05) is 2.85 Å². The zero-order valence-corrected chi connectivity index (χ0v) is 4.85. The second kappa shape index (κ2) is 4.53. The lowest BCUT2D eigenvalue weighted by Crippen LogP contribution is -1.63. The Balaban J connectivity index is -0.0000000800. The second-order valence-corrected chi connectivity index (χ2v) is 1.72. The molecule has 0 bridgehead atoms. The van der Waals surface area contributed by atoms with Gasteiger partial charge in [0.2, 0.25) is 0 Å². The Labute approximate surface area is 45.0 Å². The summed E-state index contributed by atoms with van der Waals surface area (Å²) in [6.45, 7) is 2.20. The van der Waals surface area contributed by atoms with E-state index in [9.17, 15) is 0 Å². The van der Waals surface area contributed by atoms with Crippen molar-refractivity contribution in [3.05, 3.63) is 0 Å². The molecule has 0 saturated heterocycles. The molecule has 0 amide bonds. The molecule has 0 aromatic carbocycles. The highest BCUT2D eigenvalue weighted by atomic mass is 27.0. The second-order valence-electron chi connectivity index (χ2n) is 1.14. The summed E-state index contributed by atoms with van der Waals surface area (Å²) in [5.74, 6) is 0. The lowest BCUT2D eigenvalue weighted by molar-refractivity contribution is 0.884. The van der Waals surface area contributed by atoms with Crippen LogP contribution >= 0.6 is 0 Å². The van der Waals surface area contributed by atoms with Gasteiger partial charge in [-0.15, -0.1) is 5.28 Å². The van der Waals surface area contributed by atoms with E-state index in [1.807, 2.05) is 0 Å². The van der Waals surface area contributed by atoms with Gasteiger partial charge in [-0.05, 0) is 0 Å². The molecule has 32 valence electrons. The van der Waals surface area contributed by atoms with Gasteiger partial charge >= 0.3 is 0 Å². The molecule has 0 aliphatic carbocycles. The number of hydrogen-bond donors (Lipinski definition) is 0. The van der Waals surface area contributed by atoms with Crippen LogP contribution in [0.3, 0.4) is 0 Å². The van der Waals surface area contributed by atoms with Gasteiger partial charge in [0.1, 0.15) is 16.3 Å². The summed E-state index contributed by atoms with van der Waals surface area (Å²) in [5.41, 5.74) is 0. The number of unbranched alkanes of at least 4 members (excludes halogenated alkanes) is 1. The predicted molar refractivity (Wildman–Crippen MR) is 29.7 cm³/mol. The molecule has 0 saturated carbocycles. The van der Waals surface area contributed by atoms with Crippen molar-refractivity contribution >= 4 is 16.3 Å². The maximum atomic E-state index is 2.70. The largest absolute Gasteiger partial charge is 0.118 e. The van der Waals surface area contributed by atoms with Crippen LogP contribution in [0.15, 0.2) is 0 Å². The van der Waals surface area contributed by atoms with Crippen molar-refractivity contribution in [2.24, 2.45) is 0 Å². The Morgan fingerprint density at radius 2 is 2.40 bits per heavy atom. The SMILES string of the molecule is CCC[CH2][Al].[HH].[HH]. The van der Waals surface area contributed by atoms with Gasteiger partial charge in [0.25, 0.3) is 0 Å². The molecule has 0 unspecified atom stereocenters. The van der Waals surface area contributed by atoms with Gasteiger partial charge in [-0.1, -0.05) is 19.8 Å². The van der Waals surface area contributed by atoms with Crippen molar-refractivity contribution in [2.75, 3.05) is 0 Å². The van der Waals surface area contributed by atoms with Gasteiger partial charge < -0.3 is 0 Å². The van der Waals surface area contributed by atoms with E-state index in [1.54, 1.807) is 0 Å². The Bertz CT molecular complexity index is 17.2. The molecule has 2 radical (unpaired) electrons. The summed E-state index contributed by atoms with van der Waals surface area (Å²) in [5, 5.41) is 1.26. The number of hydrogen-bond acceptors (Lipinski definition) is 0. The van der Waals surface area contributed by atoms with Gasteiger partial charge in [0.05, 0.1) is 0 Å². The third kappa shape index (κ3) is 4.53. The Morgan fingerprint density at radius 3 is 2.40 bits per heavy atom. The first-order chi connectivity index (χ1) is 2.41. The fourth-order valence-electron chi connectivity index (χ4n) is 0.204. The van der Waals surface area contributed by atoms with Crippen LogP contribution < -0.4 is 0 Å². The van der Waals surface area contributed by atoms with Gasteiger partial charge in [-0.2, -0.15) is 0 Å². The highest BCUT2D eigenvalue weighted by molar-refractivity contribution is 6.08. The maximum absolute atomic E-state index is 2.70. The van der Waals surface area contributed by atoms with E-state index in [2.05, 4.69) is 23.2 Å². The number of rotatable bonds is 2. The molecule has 0 N–H and O–H groups in total. The molecule has 0 aromatic heterocycles. The van der Waals surface area contributed by atoms with Crippen LogP contribution in [0.5, 0.6) is 0 Å². The molecule has 0 heterocycles. The summed E-state index contributed by atoms with van der Waals surface area (Å²) in [4.78, 5) is 0. The minimum Gasteiger partial charge on any atom is -0.118 e. The first-order valence-corrected chi connectivity index (χ1v) is 2.93. The third-order valence-electron chi connectivity index (χ3n) is 0.558. The topological polar surface area (TPSA) is 0 Å². The van der Waals surface area contributed by atoms with E-state index in [0.29, 0.717) is 0 Å². The molecule has 0 spiro atoms. The van der Waals surface area contributed by atoms with Crippen molar-refractivity contribution < 1.29 is 2.85 Å². The Morgan fingerprint density at radius 1 is 1.80 bits per heavy atom. The Kier molecular flexibility index (Phi) is 5.02. The molecule has 0 atom stereocenters. The first-order valence-electron chi connectivity index (χ1n) is 2.12. The Hall–Kier alpha value is 0.532. The van der Waals surface area contributed by atoms with Crippen molar-refractivity contribution in [2.45, 2.75) is 25.0 Å². The van der Waals surface area contributed by atoms with E-state index >= 15 is 0 Å². The van der Waals surface area contributed by atoms with E-state index in [-0.39, 0.29) is 2.85 Å². The third-order valence-corrected chi connectivity index (χ3v) is 0.966. The van der Waals surface area contributed by atoms with Gasteiger partial charge in [0.15, 0.2) is 0 Å². The molecule has 0 nitrogen and oxygen atoms in total. The van der Waals surface area contributed by atoms with Crippen LogP contribution in [-0.2, 0) is 0 Å². The van der Waals surface area contributed by atoms with E-state index in [0.717, 1.165) is 0 Å². The van der Waals surface area contributed by atoms with E-state index in [4.69, 9.17) is 0 Å². The molecule has 0 aliphatic rings. The van der Waals surface area contributed by atoms with E-state index in [1.165, 1.54) is 18.1 Å². The van der Waals surface area contributed by atoms with Crippen LogP contribution in [0, 0.1) is 0 Å². The van der Waals surface area contributed by atoms with Crippen molar-refractivity contribution in [3.63, 3.8) is 0 Å². The van der Waals surface area contributed by atoms with Crippen LogP contribution in [0.25, 0.3) is 0 Å². The smallest absolute Gasteiger partial charge is 0.118 e. The highest BCUT2D eigenvalue weighted by Gasteiger charge is 1.67. The zero-order chi connectivity index (χ0) is 4.12. The fraction of sp³-hybridized carbons (Fsp3) is 1.00. The first kappa shape index (κ1) is 5.53. The maximum Gasteiger partial charge on any atom is 0.118 e. The quantitative estimate of drug-likeness (QED) is 0.452. The molecular formula is C4H13Al. The standard InChI is InChI=1S/C4H9.Al.2H2/c1-3-4-2;;;/h1,3-4H2,2H3;;2*1H. The summed E-state index contributed by atoms with van der Waals surface area (Å²) in [7, 11) is 0. The van der Waals surface area contributed by atoms with Crippen LogP contribution in [0.4, 0.5) is 0 Å². The zero-order valence-electron chi connectivity index (χ0n) is 3.70. The van der Waals surface area contributed by atoms with Crippen molar-refractivity contribution in [1.82, 2.24) is 0 Å². The van der Waals surface area contributed by atoms with Gasteiger partial charge in [-0.25, -0.2) is 0 Å². The average Bonchev–Trinajstić information content (AvgIpc) is 1.41. The van der Waals surface area contributed by atoms with Gasteiger partial charge in [-0.3, -0.25) is 0 Å². The lowest BCUT2D eigenvalue weighted by atomic mass is 10.4. The lowest BCUT2D eigenvalue weighted by Gasteiger charge is -1.79. The molecule has 5 heavy (non-hydrogen) atoms. The summed E-state index contributed by atoms with van der Waals surface area (Å²) in [6, 6.07) is 0.